The molecule has 1 heterocycles. The van der Waals surface area contributed by atoms with E-state index in [-0.39, 0.29) is 23.9 Å². The number of hydrogen-bond donors (Lipinski definition) is 1. The van der Waals surface area contributed by atoms with E-state index in [4.69, 9.17) is 14.2 Å². The Hall–Kier alpha value is -4.46. The number of nitrogens with zero attached hydrogens (tertiary/aromatic N) is 3. The van der Waals surface area contributed by atoms with Gasteiger partial charge in [-0.05, 0) is 54.4 Å². The van der Waals surface area contributed by atoms with Crippen LogP contribution in [0.4, 0.5) is 0 Å². The van der Waals surface area contributed by atoms with Crippen molar-refractivity contribution in [3.63, 3.8) is 0 Å². The van der Waals surface area contributed by atoms with E-state index in [1.54, 1.807) is 48.5 Å². The van der Waals surface area contributed by atoms with E-state index < -0.39 is 0 Å². The normalized spacial score (nSPS) is 10.6. The average molecular weight is 457 g/mol. The highest BCUT2D eigenvalue weighted by Gasteiger charge is 2.13. The van der Waals surface area contributed by atoms with Gasteiger partial charge in [-0.25, -0.2) is 0 Å². The molecule has 0 aliphatic rings. The molecule has 4 aromatic rings. The first kappa shape index (κ1) is 22.7. The molecule has 172 valence electrons. The van der Waals surface area contributed by atoms with E-state index in [0.29, 0.717) is 35.3 Å². The monoisotopic (exact) mass is 456 g/mol. The van der Waals surface area contributed by atoms with Crippen molar-refractivity contribution in [2.45, 2.75) is 13.8 Å². The Morgan fingerprint density at radius 1 is 0.676 bits per heavy atom. The minimum absolute atomic E-state index is 0.0103. The van der Waals surface area contributed by atoms with Gasteiger partial charge < -0.3 is 19.5 Å². The van der Waals surface area contributed by atoms with Crippen LogP contribution >= 0.6 is 0 Å². The number of aromatic nitrogens is 3. The molecule has 0 bridgehead atoms. The fourth-order valence-electron chi connectivity index (χ4n) is 2.82. The van der Waals surface area contributed by atoms with Crippen LogP contribution < -0.4 is 19.5 Å². The Bertz CT molecular complexity index is 1160. The third kappa shape index (κ3) is 6.52. The predicted octanol–water partition coefficient (Wildman–Crippen LogP) is 5.63. The Morgan fingerprint density at radius 2 is 1.09 bits per heavy atom. The number of nitrogens with one attached hydrogen (secondary N) is 1. The van der Waals surface area contributed by atoms with Gasteiger partial charge in [-0.3, -0.25) is 4.79 Å². The maximum atomic E-state index is 12.2. The fourth-order valence-corrected chi connectivity index (χ4v) is 2.82. The van der Waals surface area contributed by atoms with E-state index >= 15 is 0 Å². The molecule has 0 fully saturated rings. The van der Waals surface area contributed by atoms with Crippen LogP contribution in [0.25, 0.3) is 0 Å². The molecule has 1 amide bonds. The van der Waals surface area contributed by atoms with E-state index in [0.717, 1.165) is 0 Å². The number of benzene rings is 3. The highest BCUT2D eigenvalue weighted by molar-refractivity contribution is 5.94. The van der Waals surface area contributed by atoms with E-state index in [1.807, 2.05) is 50.2 Å². The maximum absolute atomic E-state index is 12.2. The summed E-state index contributed by atoms with van der Waals surface area (Å²) in [4.78, 5) is 25.0. The number of para-hydroxylation sites is 2. The summed E-state index contributed by atoms with van der Waals surface area (Å²) in [6, 6.07) is 25.0. The molecule has 0 aliphatic heterocycles. The van der Waals surface area contributed by atoms with Gasteiger partial charge >= 0.3 is 18.0 Å². The van der Waals surface area contributed by atoms with E-state index in [1.165, 1.54) is 0 Å². The predicted molar refractivity (Wildman–Crippen MR) is 127 cm³/mol. The van der Waals surface area contributed by atoms with Gasteiger partial charge in [-0.1, -0.05) is 50.2 Å². The smallest absolute Gasteiger partial charge is 0.331 e. The molecule has 0 atom stereocenters. The van der Waals surface area contributed by atoms with Gasteiger partial charge in [-0.15, -0.1) is 15.0 Å². The van der Waals surface area contributed by atoms with Gasteiger partial charge in [0.1, 0.15) is 17.2 Å². The lowest BCUT2D eigenvalue weighted by molar-refractivity contribution is 0.0949. The molecule has 0 spiro atoms. The van der Waals surface area contributed by atoms with Gasteiger partial charge in [0.05, 0.1) is 0 Å². The van der Waals surface area contributed by atoms with Gasteiger partial charge in [0.25, 0.3) is 5.91 Å². The highest BCUT2D eigenvalue weighted by Crippen LogP contribution is 2.26. The summed E-state index contributed by atoms with van der Waals surface area (Å²) in [5, 5.41) is 2.88. The summed E-state index contributed by atoms with van der Waals surface area (Å²) in [5.74, 6) is 1.79. The first-order valence-corrected chi connectivity index (χ1v) is 10.8. The van der Waals surface area contributed by atoms with Crippen molar-refractivity contribution >= 4 is 5.91 Å². The van der Waals surface area contributed by atoms with Crippen molar-refractivity contribution in [3.05, 3.63) is 90.5 Å². The molecule has 0 saturated carbocycles. The largest absolute Gasteiger partial charge is 0.424 e. The van der Waals surface area contributed by atoms with Crippen LogP contribution in [-0.2, 0) is 0 Å². The quantitative estimate of drug-likeness (QED) is 0.348. The molecule has 0 unspecified atom stereocenters. The number of amides is 1. The van der Waals surface area contributed by atoms with Crippen LogP contribution in [0.15, 0.2) is 84.9 Å². The minimum Gasteiger partial charge on any atom is -0.424 e. The van der Waals surface area contributed by atoms with Crippen molar-refractivity contribution in [1.82, 2.24) is 20.3 Å². The Morgan fingerprint density at radius 3 is 1.50 bits per heavy atom. The third-order valence-corrected chi connectivity index (χ3v) is 4.48. The summed E-state index contributed by atoms with van der Waals surface area (Å²) in [6.45, 7) is 4.69. The van der Waals surface area contributed by atoms with Crippen molar-refractivity contribution in [2.75, 3.05) is 6.54 Å². The molecule has 4 rings (SSSR count). The minimum atomic E-state index is -0.141. The van der Waals surface area contributed by atoms with Crippen LogP contribution in [0, 0.1) is 5.92 Å². The lowest BCUT2D eigenvalue weighted by Crippen LogP contribution is -2.27. The van der Waals surface area contributed by atoms with Crippen LogP contribution in [0.3, 0.4) is 0 Å². The van der Waals surface area contributed by atoms with Crippen molar-refractivity contribution in [1.29, 1.82) is 0 Å². The van der Waals surface area contributed by atoms with Gasteiger partial charge in [-0.2, -0.15) is 0 Å². The molecule has 0 saturated heterocycles. The Kier molecular flexibility index (Phi) is 7.29. The molecule has 1 aromatic heterocycles. The first-order chi connectivity index (χ1) is 16.5. The van der Waals surface area contributed by atoms with Crippen LogP contribution in [0.1, 0.15) is 24.2 Å². The van der Waals surface area contributed by atoms with Gasteiger partial charge in [0, 0.05) is 12.1 Å². The summed E-state index contributed by atoms with van der Waals surface area (Å²) in [7, 11) is 0. The zero-order valence-corrected chi connectivity index (χ0v) is 18.8. The molecule has 8 heteroatoms. The second kappa shape index (κ2) is 10.9. The lowest BCUT2D eigenvalue weighted by Gasteiger charge is -2.10. The summed E-state index contributed by atoms with van der Waals surface area (Å²) in [5.41, 5.74) is 0.532. The number of carbonyl (C=O) groups is 1. The average Bonchev–Trinajstić information content (AvgIpc) is 2.84. The lowest BCUT2D eigenvalue weighted by atomic mass is 10.2. The Balaban J connectivity index is 1.54. The summed E-state index contributed by atoms with van der Waals surface area (Å²) < 4.78 is 17.3. The number of carbonyl (C=O) groups excluding carboxylic acids is 1. The van der Waals surface area contributed by atoms with E-state index in [2.05, 4.69) is 20.3 Å². The molecule has 8 nitrogen and oxygen atoms in total. The molecule has 34 heavy (non-hydrogen) atoms. The third-order valence-electron chi connectivity index (χ3n) is 4.48. The topological polar surface area (TPSA) is 95.5 Å². The maximum Gasteiger partial charge on any atom is 0.331 e. The SMILES string of the molecule is CC(C)CNC(=O)c1ccc(Oc2nc(Oc3ccccc3)nc(Oc3ccccc3)n2)cc1. The highest BCUT2D eigenvalue weighted by atomic mass is 16.5. The second-order valence-electron chi connectivity index (χ2n) is 7.74. The number of ether oxygens (including phenoxy) is 3. The van der Waals surface area contributed by atoms with Crippen LogP contribution in [0.2, 0.25) is 0 Å². The fraction of sp³-hybridized carbons (Fsp3) is 0.154. The zero-order chi connectivity index (χ0) is 23.8. The molecule has 0 radical (unpaired) electrons. The van der Waals surface area contributed by atoms with Crippen LogP contribution in [0.5, 0.6) is 35.3 Å². The van der Waals surface area contributed by atoms with Crippen molar-refractivity contribution in [2.24, 2.45) is 5.92 Å². The molecule has 0 aliphatic carbocycles. The standard InChI is InChI=1S/C26H24N4O4/c1-18(2)17-27-23(31)19-13-15-22(16-14-19)34-26-29-24(32-20-9-5-3-6-10-20)28-25(30-26)33-21-11-7-4-8-12-21/h3-16,18H,17H2,1-2H3,(H,27,31). The number of rotatable bonds is 9. The Labute approximate surface area is 197 Å². The zero-order valence-electron chi connectivity index (χ0n) is 18.8. The second-order valence-corrected chi connectivity index (χ2v) is 7.74. The van der Waals surface area contributed by atoms with E-state index in [9.17, 15) is 4.79 Å². The molecular formula is C26H24N4O4. The van der Waals surface area contributed by atoms with Gasteiger partial charge in [0.15, 0.2) is 0 Å². The van der Waals surface area contributed by atoms with Crippen LogP contribution in [-0.4, -0.2) is 27.4 Å². The van der Waals surface area contributed by atoms with Crippen molar-refractivity contribution < 1.29 is 19.0 Å². The molecule has 1 N–H and O–H groups in total. The first-order valence-electron chi connectivity index (χ1n) is 10.8. The molecule has 3 aromatic carbocycles. The summed E-state index contributed by atoms with van der Waals surface area (Å²) in [6.07, 6.45) is 0. The van der Waals surface area contributed by atoms with Crippen molar-refractivity contribution in [3.8, 4) is 35.3 Å². The van der Waals surface area contributed by atoms with Gasteiger partial charge in [0.2, 0.25) is 0 Å². The number of hydrogen-bond acceptors (Lipinski definition) is 7. The molecular weight excluding hydrogens is 432 g/mol. The summed E-state index contributed by atoms with van der Waals surface area (Å²) >= 11 is 0.